The van der Waals surface area contributed by atoms with Crippen LogP contribution in [-0.2, 0) is 20.1 Å². The van der Waals surface area contributed by atoms with Crippen molar-refractivity contribution in [3.63, 3.8) is 0 Å². The van der Waals surface area contributed by atoms with E-state index >= 15 is 0 Å². The van der Waals surface area contributed by atoms with Gasteiger partial charge in [-0.1, -0.05) is 0 Å². The van der Waals surface area contributed by atoms with Crippen LogP contribution in [0.15, 0.2) is 28.9 Å². The highest BCUT2D eigenvalue weighted by Crippen LogP contribution is 2.36. The summed E-state index contributed by atoms with van der Waals surface area (Å²) in [6, 6.07) is 5.99. The van der Waals surface area contributed by atoms with E-state index in [9.17, 15) is 0 Å². The minimum Gasteiger partial charge on any atom is -0.493 e. The van der Waals surface area contributed by atoms with Gasteiger partial charge in [0.25, 0.3) is 0 Å². The predicted octanol–water partition coefficient (Wildman–Crippen LogP) is 2.49. The average molecular weight is 340 g/mol. The van der Waals surface area contributed by atoms with E-state index < -0.39 is 0 Å². The quantitative estimate of drug-likeness (QED) is 0.878. The van der Waals surface area contributed by atoms with Gasteiger partial charge in [0.05, 0.1) is 24.4 Å². The van der Waals surface area contributed by atoms with Crippen molar-refractivity contribution in [1.29, 1.82) is 0 Å². The zero-order valence-electron chi connectivity index (χ0n) is 11.8. The van der Waals surface area contributed by atoms with Crippen LogP contribution in [0.2, 0.25) is 0 Å². The van der Waals surface area contributed by atoms with Crippen LogP contribution < -0.4 is 14.8 Å². The molecule has 1 N–H and O–H groups in total. The Morgan fingerprint density at radius 1 is 1.25 bits per heavy atom. The van der Waals surface area contributed by atoms with Gasteiger partial charge in [-0.2, -0.15) is 5.10 Å². The Kier molecular flexibility index (Phi) is 5.03. The minimum absolute atomic E-state index is 0.709. The van der Waals surface area contributed by atoms with Crippen LogP contribution in [0.3, 0.4) is 0 Å². The minimum atomic E-state index is 0.709. The number of ether oxygens (including phenoxy) is 2. The summed E-state index contributed by atoms with van der Waals surface area (Å²) in [5.74, 6) is 1.43. The summed E-state index contributed by atoms with van der Waals surface area (Å²) in [6.07, 6.45) is 1.93. The molecule has 0 radical (unpaired) electrons. The molecular formula is C14H18BrN3O2. The molecule has 2 rings (SSSR count). The summed E-state index contributed by atoms with van der Waals surface area (Å²) in [4.78, 5) is 0. The van der Waals surface area contributed by atoms with E-state index in [2.05, 4.69) is 26.3 Å². The molecular weight excluding hydrogens is 322 g/mol. The average Bonchev–Trinajstić information content (AvgIpc) is 2.83. The number of nitrogens with zero attached hydrogens (tertiary/aromatic N) is 2. The lowest BCUT2D eigenvalue weighted by Crippen LogP contribution is -2.13. The van der Waals surface area contributed by atoms with E-state index in [0.29, 0.717) is 5.75 Å². The number of methoxy groups -OCH3 is 2. The summed E-state index contributed by atoms with van der Waals surface area (Å²) in [6.45, 7) is 1.46. The van der Waals surface area contributed by atoms with Gasteiger partial charge in [-0.05, 0) is 39.7 Å². The molecule has 0 atom stereocenters. The second-order valence-electron chi connectivity index (χ2n) is 4.40. The number of nitrogens with one attached hydrogen (secondary N) is 1. The Labute approximate surface area is 127 Å². The van der Waals surface area contributed by atoms with E-state index in [1.807, 2.05) is 31.4 Å². The summed E-state index contributed by atoms with van der Waals surface area (Å²) in [5.41, 5.74) is 2.14. The van der Waals surface area contributed by atoms with Crippen molar-refractivity contribution in [2.45, 2.75) is 13.1 Å². The summed E-state index contributed by atoms with van der Waals surface area (Å²) < 4.78 is 13.3. The number of hydrogen-bond acceptors (Lipinski definition) is 4. The topological polar surface area (TPSA) is 48.3 Å². The van der Waals surface area contributed by atoms with Crippen molar-refractivity contribution >= 4 is 15.9 Å². The van der Waals surface area contributed by atoms with Crippen LogP contribution in [0.4, 0.5) is 0 Å². The highest BCUT2D eigenvalue weighted by atomic mass is 79.9. The molecule has 0 saturated heterocycles. The van der Waals surface area contributed by atoms with Crippen molar-refractivity contribution in [2.24, 2.45) is 7.05 Å². The molecule has 1 aromatic carbocycles. The molecule has 2 aromatic rings. The van der Waals surface area contributed by atoms with E-state index in [0.717, 1.165) is 34.6 Å². The van der Waals surface area contributed by atoms with Gasteiger partial charge in [0.1, 0.15) is 0 Å². The van der Waals surface area contributed by atoms with Gasteiger partial charge < -0.3 is 14.8 Å². The monoisotopic (exact) mass is 339 g/mol. The third-order valence-electron chi connectivity index (χ3n) is 2.90. The van der Waals surface area contributed by atoms with Gasteiger partial charge in [0, 0.05) is 26.3 Å². The molecule has 0 fully saturated rings. The smallest absolute Gasteiger partial charge is 0.174 e. The van der Waals surface area contributed by atoms with Gasteiger partial charge >= 0.3 is 0 Å². The van der Waals surface area contributed by atoms with Crippen LogP contribution in [0.1, 0.15) is 11.3 Å². The molecule has 0 aliphatic rings. The lowest BCUT2D eigenvalue weighted by molar-refractivity contribution is 0.352. The normalized spacial score (nSPS) is 10.6. The Morgan fingerprint density at radius 2 is 2.05 bits per heavy atom. The Morgan fingerprint density at radius 3 is 2.65 bits per heavy atom. The molecule has 0 aliphatic heterocycles. The van der Waals surface area contributed by atoms with E-state index in [1.165, 1.54) is 0 Å². The number of aromatic nitrogens is 2. The van der Waals surface area contributed by atoms with Gasteiger partial charge in [0.2, 0.25) is 0 Å². The van der Waals surface area contributed by atoms with Crippen molar-refractivity contribution in [2.75, 3.05) is 14.2 Å². The predicted molar refractivity (Wildman–Crippen MR) is 81.0 cm³/mol. The number of aryl methyl sites for hydroxylation is 1. The molecule has 5 nitrogen and oxygen atoms in total. The zero-order valence-corrected chi connectivity index (χ0v) is 13.4. The first kappa shape index (κ1) is 14.9. The molecule has 0 saturated carbocycles. The van der Waals surface area contributed by atoms with Crippen LogP contribution in [0, 0.1) is 0 Å². The molecule has 0 aliphatic carbocycles. The molecule has 0 unspecified atom stereocenters. The fourth-order valence-electron chi connectivity index (χ4n) is 1.97. The third kappa shape index (κ3) is 3.52. The summed E-state index contributed by atoms with van der Waals surface area (Å²) in [7, 11) is 5.17. The van der Waals surface area contributed by atoms with Crippen molar-refractivity contribution in [1.82, 2.24) is 15.1 Å². The third-order valence-corrected chi connectivity index (χ3v) is 3.49. The maximum absolute atomic E-state index is 5.33. The first-order valence-corrected chi connectivity index (χ1v) is 7.03. The Bertz CT molecular complexity index is 584. The fraction of sp³-hybridized carbons (Fsp3) is 0.357. The summed E-state index contributed by atoms with van der Waals surface area (Å²) >= 11 is 3.49. The van der Waals surface area contributed by atoms with Crippen LogP contribution in [0.25, 0.3) is 0 Å². The van der Waals surface area contributed by atoms with Crippen molar-refractivity contribution < 1.29 is 9.47 Å². The maximum Gasteiger partial charge on any atom is 0.174 e. The number of rotatable bonds is 6. The van der Waals surface area contributed by atoms with Crippen molar-refractivity contribution in [3.8, 4) is 11.5 Å². The number of hydrogen-bond donors (Lipinski definition) is 1. The molecule has 0 spiro atoms. The highest BCUT2D eigenvalue weighted by Gasteiger charge is 2.10. The van der Waals surface area contributed by atoms with E-state index in [4.69, 9.17) is 9.47 Å². The maximum atomic E-state index is 5.33. The zero-order chi connectivity index (χ0) is 14.5. The lowest BCUT2D eigenvalue weighted by Gasteiger charge is -2.12. The van der Waals surface area contributed by atoms with Gasteiger partial charge in [-0.25, -0.2) is 0 Å². The summed E-state index contributed by atoms with van der Waals surface area (Å²) in [5, 5.41) is 7.68. The second kappa shape index (κ2) is 6.76. The number of benzene rings is 1. The standard InChI is InChI=1S/C14H18BrN3O2/c1-18-5-4-11(17-18)9-16-8-10-6-12(15)14(20-3)13(7-10)19-2/h4-7,16H,8-9H2,1-3H3. The molecule has 6 heteroatoms. The van der Waals surface area contributed by atoms with Crippen LogP contribution in [-0.4, -0.2) is 24.0 Å². The van der Waals surface area contributed by atoms with Gasteiger partial charge in [-0.15, -0.1) is 0 Å². The molecule has 1 aromatic heterocycles. The van der Waals surface area contributed by atoms with E-state index in [1.54, 1.807) is 18.9 Å². The largest absolute Gasteiger partial charge is 0.493 e. The highest BCUT2D eigenvalue weighted by molar-refractivity contribution is 9.10. The first-order chi connectivity index (χ1) is 9.63. The fourth-order valence-corrected chi connectivity index (χ4v) is 2.62. The molecule has 1 heterocycles. The molecule has 108 valence electrons. The van der Waals surface area contributed by atoms with Crippen LogP contribution in [0.5, 0.6) is 11.5 Å². The molecule has 0 amide bonds. The number of halogens is 1. The first-order valence-electron chi connectivity index (χ1n) is 6.23. The SMILES string of the molecule is COc1cc(CNCc2ccn(C)n2)cc(Br)c1OC. The van der Waals surface area contributed by atoms with Crippen LogP contribution >= 0.6 is 15.9 Å². The Balaban J connectivity index is 2.01. The van der Waals surface area contributed by atoms with Crippen molar-refractivity contribution in [3.05, 3.63) is 40.1 Å². The second-order valence-corrected chi connectivity index (χ2v) is 5.25. The molecule has 0 bridgehead atoms. The van der Waals surface area contributed by atoms with Gasteiger partial charge in [0.15, 0.2) is 11.5 Å². The lowest BCUT2D eigenvalue weighted by atomic mass is 10.2. The van der Waals surface area contributed by atoms with Gasteiger partial charge in [-0.3, -0.25) is 4.68 Å². The Hall–Kier alpha value is -1.53. The van der Waals surface area contributed by atoms with E-state index in [-0.39, 0.29) is 0 Å². The molecule has 20 heavy (non-hydrogen) atoms.